The van der Waals surface area contributed by atoms with Gasteiger partial charge in [0.15, 0.2) is 0 Å². The normalized spacial score (nSPS) is 19.2. The van der Waals surface area contributed by atoms with Crippen LogP contribution in [-0.4, -0.2) is 44.0 Å². The van der Waals surface area contributed by atoms with Crippen molar-refractivity contribution in [2.45, 2.75) is 33.1 Å². The van der Waals surface area contributed by atoms with E-state index in [0.29, 0.717) is 32.5 Å². The predicted octanol–water partition coefficient (Wildman–Crippen LogP) is 0.574. The van der Waals surface area contributed by atoms with Crippen LogP contribution in [0, 0.1) is 5.92 Å². The van der Waals surface area contributed by atoms with E-state index in [1.54, 1.807) is 6.92 Å². The van der Waals surface area contributed by atoms with Gasteiger partial charge in [0.25, 0.3) is 0 Å². The van der Waals surface area contributed by atoms with Gasteiger partial charge in [0.1, 0.15) is 0 Å². The summed E-state index contributed by atoms with van der Waals surface area (Å²) >= 11 is 0. The van der Waals surface area contributed by atoms with Crippen LogP contribution in [0.2, 0.25) is 0 Å². The van der Waals surface area contributed by atoms with Crippen molar-refractivity contribution in [3.8, 4) is 0 Å². The first kappa shape index (κ1) is 14.4. The highest BCUT2D eigenvalue weighted by molar-refractivity contribution is 7.89. The van der Waals surface area contributed by atoms with Crippen molar-refractivity contribution in [3.63, 3.8) is 0 Å². The Kier molecular flexibility index (Phi) is 5.39. The first-order valence-corrected chi connectivity index (χ1v) is 7.87. The molecule has 1 aliphatic heterocycles. The Labute approximate surface area is 104 Å². The van der Waals surface area contributed by atoms with Crippen molar-refractivity contribution in [1.82, 2.24) is 9.62 Å². The van der Waals surface area contributed by atoms with E-state index >= 15 is 0 Å². The summed E-state index contributed by atoms with van der Waals surface area (Å²) in [5.74, 6) is 0.185. The SMILES string of the molecule is CCCNC(=O)C1CCN(S(=O)(=O)CC)CC1. The summed E-state index contributed by atoms with van der Waals surface area (Å²) < 4.78 is 24.8. The number of carbonyl (C=O) groups excluding carboxylic acids is 1. The van der Waals surface area contributed by atoms with Crippen LogP contribution in [-0.2, 0) is 14.8 Å². The molecule has 1 rings (SSSR count). The fraction of sp³-hybridized carbons (Fsp3) is 0.909. The van der Waals surface area contributed by atoms with Gasteiger partial charge in [-0.2, -0.15) is 0 Å². The Bertz CT molecular complexity index is 346. The first-order valence-electron chi connectivity index (χ1n) is 6.26. The molecule has 17 heavy (non-hydrogen) atoms. The molecule has 0 saturated carbocycles. The van der Waals surface area contributed by atoms with Crippen LogP contribution in [0.5, 0.6) is 0 Å². The molecule has 0 unspecified atom stereocenters. The lowest BCUT2D eigenvalue weighted by atomic mass is 9.97. The molecule has 0 aromatic heterocycles. The predicted molar refractivity (Wildman–Crippen MR) is 67.1 cm³/mol. The quantitative estimate of drug-likeness (QED) is 0.788. The van der Waals surface area contributed by atoms with Crippen LogP contribution >= 0.6 is 0 Å². The Balaban J connectivity index is 2.43. The van der Waals surface area contributed by atoms with E-state index in [2.05, 4.69) is 5.32 Å². The van der Waals surface area contributed by atoms with Crippen molar-refractivity contribution in [2.75, 3.05) is 25.4 Å². The zero-order valence-electron chi connectivity index (χ0n) is 10.6. The van der Waals surface area contributed by atoms with E-state index in [1.165, 1.54) is 4.31 Å². The molecule has 6 heteroatoms. The van der Waals surface area contributed by atoms with E-state index in [1.807, 2.05) is 6.92 Å². The van der Waals surface area contributed by atoms with Gasteiger partial charge in [0.05, 0.1) is 5.75 Å². The molecule has 0 aromatic carbocycles. The van der Waals surface area contributed by atoms with E-state index in [9.17, 15) is 13.2 Å². The number of nitrogens with zero attached hydrogens (tertiary/aromatic N) is 1. The third kappa shape index (κ3) is 3.96. The van der Waals surface area contributed by atoms with Crippen LogP contribution < -0.4 is 5.32 Å². The van der Waals surface area contributed by atoms with E-state index in [4.69, 9.17) is 0 Å². The zero-order chi connectivity index (χ0) is 12.9. The molecule has 0 spiro atoms. The Morgan fingerprint density at radius 3 is 2.35 bits per heavy atom. The van der Waals surface area contributed by atoms with Gasteiger partial charge < -0.3 is 5.32 Å². The lowest BCUT2D eigenvalue weighted by Gasteiger charge is -2.30. The van der Waals surface area contributed by atoms with Gasteiger partial charge in [-0.25, -0.2) is 12.7 Å². The maximum absolute atomic E-state index is 11.7. The Hall–Kier alpha value is -0.620. The van der Waals surface area contributed by atoms with Crippen LogP contribution in [0.15, 0.2) is 0 Å². The molecule has 0 aliphatic carbocycles. The average Bonchev–Trinajstić information content (AvgIpc) is 2.36. The van der Waals surface area contributed by atoms with Gasteiger partial charge in [-0.1, -0.05) is 6.92 Å². The number of amides is 1. The highest BCUT2D eigenvalue weighted by Gasteiger charge is 2.29. The third-order valence-electron chi connectivity index (χ3n) is 3.13. The molecule has 1 fully saturated rings. The number of hydrogen-bond acceptors (Lipinski definition) is 3. The van der Waals surface area contributed by atoms with Gasteiger partial charge in [-0.3, -0.25) is 4.79 Å². The Morgan fingerprint density at radius 2 is 1.88 bits per heavy atom. The largest absolute Gasteiger partial charge is 0.356 e. The summed E-state index contributed by atoms with van der Waals surface area (Å²) in [6.07, 6.45) is 2.19. The molecule has 1 N–H and O–H groups in total. The summed E-state index contributed by atoms with van der Waals surface area (Å²) in [5, 5.41) is 2.86. The summed E-state index contributed by atoms with van der Waals surface area (Å²) in [4.78, 5) is 11.7. The van der Waals surface area contributed by atoms with Gasteiger partial charge >= 0.3 is 0 Å². The van der Waals surface area contributed by atoms with Crippen molar-refractivity contribution >= 4 is 15.9 Å². The molecule has 5 nitrogen and oxygen atoms in total. The van der Waals surface area contributed by atoms with Crippen molar-refractivity contribution in [3.05, 3.63) is 0 Å². The summed E-state index contributed by atoms with van der Waals surface area (Å²) in [5.41, 5.74) is 0. The van der Waals surface area contributed by atoms with Gasteiger partial charge in [0, 0.05) is 25.6 Å². The number of piperidine rings is 1. The topological polar surface area (TPSA) is 66.5 Å². The number of rotatable bonds is 5. The van der Waals surface area contributed by atoms with Crippen LogP contribution in [0.1, 0.15) is 33.1 Å². The van der Waals surface area contributed by atoms with E-state index in [-0.39, 0.29) is 17.6 Å². The van der Waals surface area contributed by atoms with Gasteiger partial charge in [0.2, 0.25) is 15.9 Å². The van der Waals surface area contributed by atoms with Crippen LogP contribution in [0.3, 0.4) is 0 Å². The number of hydrogen-bond donors (Lipinski definition) is 1. The molecular weight excluding hydrogens is 240 g/mol. The molecule has 100 valence electrons. The van der Waals surface area contributed by atoms with Gasteiger partial charge in [-0.15, -0.1) is 0 Å². The maximum atomic E-state index is 11.7. The standard InChI is InChI=1S/C11H22N2O3S/c1-3-7-12-11(14)10-5-8-13(9-6-10)17(15,16)4-2/h10H,3-9H2,1-2H3,(H,12,14). The molecule has 1 heterocycles. The number of carbonyl (C=O) groups is 1. The molecule has 1 amide bonds. The molecule has 0 radical (unpaired) electrons. The number of sulfonamides is 1. The molecule has 1 saturated heterocycles. The van der Waals surface area contributed by atoms with Gasteiger partial charge in [-0.05, 0) is 26.2 Å². The van der Waals surface area contributed by atoms with E-state index < -0.39 is 10.0 Å². The highest BCUT2D eigenvalue weighted by atomic mass is 32.2. The second-order valence-corrected chi connectivity index (χ2v) is 6.62. The average molecular weight is 262 g/mol. The van der Waals surface area contributed by atoms with Crippen molar-refractivity contribution in [2.24, 2.45) is 5.92 Å². The minimum Gasteiger partial charge on any atom is -0.356 e. The number of nitrogens with one attached hydrogen (secondary N) is 1. The van der Waals surface area contributed by atoms with Crippen molar-refractivity contribution in [1.29, 1.82) is 0 Å². The molecule has 0 atom stereocenters. The minimum atomic E-state index is -3.09. The molecular formula is C11H22N2O3S. The second-order valence-electron chi connectivity index (χ2n) is 4.36. The smallest absolute Gasteiger partial charge is 0.223 e. The minimum absolute atomic E-state index is 0.0233. The zero-order valence-corrected chi connectivity index (χ0v) is 11.4. The summed E-state index contributed by atoms with van der Waals surface area (Å²) in [6, 6.07) is 0. The fourth-order valence-corrected chi connectivity index (χ4v) is 3.10. The first-order chi connectivity index (χ1) is 8.01. The molecule has 0 aromatic rings. The lowest BCUT2D eigenvalue weighted by Crippen LogP contribution is -2.43. The van der Waals surface area contributed by atoms with Crippen LogP contribution in [0.25, 0.3) is 0 Å². The Morgan fingerprint density at radius 1 is 1.29 bits per heavy atom. The van der Waals surface area contributed by atoms with Crippen molar-refractivity contribution < 1.29 is 13.2 Å². The fourth-order valence-electron chi connectivity index (χ4n) is 1.97. The monoisotopic (exact) mass is 262 g/mol. The second kappa shape index (κ2) is 6.35. The molecule has 1 aliphatic rings. The van der Waals surface area contributed by atoms with Crippen LogP contribution in [0.4, 0.5) is 0 Å². The molecule has 0 bridgehead atoms. The lowest BCUT2D eigenvalue weighted by molar-refractivity contribution is -0.126. The maximum Gasteiger partial charge on any atom is 0.223 e. The van der Waals surface area contributed by atoms with E-state index in [0.717, 1.165) is 6.42 Å². The third-order valence-corrected chi connectivity index (χ3v) is 5.01. The summed E-state index contributed by atoms with van der Waals surface area (Å²) in [6.45, 7) is 5.30. The highest BCUT2D eigenvalue weighted by Crippen LogP contribution is 2.19. The summed E-state index contributed by atoms with van der Waals surface area (Å²) in [7, 11) is -3.09.